The van der Waals surface area contributed by atoms with E-state index >= 15 is 0 Å². The van der Waals surface area contributed by atoms with Crippen molar-refractivity contribution in [3.05, 3.63) is 50.8 Å². The van der Waals surface area contributed by atoms with Crippen molar-refractivity contribution in [1.29, 1.82) is 0 Å². The van der Waals surface area contributed by atoms with Gasteiger partial charge in [0, 0.05) is 30.6 Å². The molecule has 0 saturated heterocycles. The van der Waals surface area contributed by atoms with Gasteiger partial charge in [-0.2, -0.15) is 0 Å². The Morgan fingerprint density at radius 1 is 1.37 bits per heavy atom. The standard InChI is InChI=1S/C12H11N3O4/c1-13-11(16)7-14-10-4-3-9(15(18)19)6-8(10)2-5-12(14)17/h2-6H,7H2,1H3,(H,13,16). The highest BCUT2D eigenvalue weighted by atomic mass is 16.6. The van der Waals surface area contributed by atoms with Crippen LogP contribution < -0.4 is 10.9 Å². The van der Waals surface area contributed by atoms with Gasteiger partial charge in [-0.05, 0) is 12.1 Å². The van der Waals surface area contributed by atoms with Crippen LogP contribution in [0.4, 0.5) is 5.69 Å². The topological polar surface area (TPSA) is 94.2 Å². The fourth-order valence-corrected chi connectivity index (χ4v) is 1.79. The largest absolute Gasteiger partial charge is 0.358 e. The predicted octanol–water partition coefficient (Wildman–Crippen LogP) is 0.656. The number of amides is 1. The molecule has 1 heterocycles. The molecule has 1 aromatic heterocycles. The molecule has 1 aromatic carbocycles. The molecule has 7 nitrogen and oxygen atoms in total. The molecule has 0 bridgehead atoms. The van der Waals surface area contributed by atoms with E-state index in [-0.39, 0.29) is 23.7 Å². The number of carbonyl (C=O) groups is 1. The highest BCUT2D eigenvalue weighted by molar-refractivity contribution is 5.83. The molecule has 19 heavy (non-hydrogen) atoms. The number of non-ortho nitro benzene ring substituents is 1. The number of carbonyl (C=O) groups excluding carboxylic acids is 1. The van der Waals surface area contributed by atoms with Gasteiger partial charge in [0.25, 0.3) is 11.2 Å². The molecule has 0 saturated carbocycles. The smallest absolute Gasteiger partial charge is 0.270 e. The molecular formula is C12H11N3O4. The van der Waals surface area contributed by atoms with E-state index in [9.17, 15) is 19.7 Å². The number of benzene rings is 1. The highest BCUT2D eigenvalue weighted by Crippen LogP contribution is 2.19. The minimum atomic E-state index is -0.506. The second-order valence-corrected chi connectivity index (χ2v) is 3.93. The molecule has 0 spiro atoms. The lowest BCUT2D eigenvalue weighted by molar-refractivity contribution is -0.384. The Bertz CT molecular complexity index is 720. The van der Waals surface area contributed by atoms with Crippen molar-refractivity contribution >= 4 is 22.5 Å². The van der Waals surface area contributed by atoms with Crippen molar-refractivity contribution in [1.82, 2.24) is 9.88 Å². The van der Waals surface area contributed by atoms with Crippen LogP contribution >= 0.6 is 0 Å². The third-order valence-corrected chi connectivity index (χ3v) is 2.76. The molecule has 0 radical (unpaired) electrons. The van der Waals surface area contributed by atoms with Crippen LogP contribution in [0.3, 0.4) is 0 Å². The van der Waals surface area contributed by atoms with E-state index < -0.39 is 4.92 Å². The van der Waals surface area contributed by atoms with Crippen LogP contribution in [0, 0.1) is 10.1 Å². The van der Waals surface area contributed by atoms with Gasteiger partial charge >= 0.3 is 0 Å². The van der Waals surface area contributed by atoms with Crippen LogP contribution in [-0.4, -0.2) is 22.4 Å². The third kappa shape index (κ3) is 2.44. The number of hydrogen-bond acceptors (Lipinski definition) is 4. The number of aromatic nitrogens is 1. The first-order chi connectivity index (χ1) is 9.02. The summed E-state index contributed by atoms with van der Waals surface area (Å²) in [5.41, 5.74) is 0.101. The molecule has 98 valence electrons. The van der Waals surface area contributed by atoms with Crippen molar-refractivity contribution in [2.75, 3.05) is 7.05 Å². The van der Waals surface area contributed by atoms with E-state index in [0.29, 0.717) is 10.9 Å². The van der Waals surface area contributed by atoms with Crippen LogP contribution in [0.25, 0.3) is 10.9 Å². The summed E-state index contributed by atoms with van der Waals surface area (Å²) in [6, 6.07) is 6.94. The van der Waals surface area contributed by atoms with Crippen molar-refractivity contribution in [2.24, 2.45) is 0 Å². The van der Waals surface area contributed by atoms with E-state index in [1.54, 1.807) is 0 Å². The number of nitro benzene ring substituents is 1. The van der Waals surface area contributed by atoms with E-state index in [1.807, 2.05) is 0 Å². The molecule has 0 fully saturated rings. The monoisotopic (exact) mass is 261 g/mol. The van der Waals surface area contributed by atoms with Gasteiger partial charge < -0.3 is 5.32 Å². The number of likely N-dealkylation sites (N-methyl/N-ethyl adjacent to an activating group) is 1. The van der Waals surface area contributed by atoms with E-state index in [1.165, 1.54) is 41.9 Å². The zero-order valence-corrected chi connectivity index (χ0v) is 10.1. The molecule has 7 heteroatoms. The summed E-state index contributed by atoms with van der Waals surface area (Å²) in [6.07, 6.45) is 0. The van der Waals surface area contributed by atoms with E-state index in [0.717, 1.165) is 0 Å². The second kappa shape index (κ2) is 4.89. The summed E-state index contributed by atoms with van der Waals surface area (Å²) in [4.78, 5) is 33.3. The molecule has 0 aliphatic carbocycles. The van der Waals surface area contributed by atoms with Gasteiger partial charge in [-0.3, -0.25) is 24.3 Å². The lowest BCUT2D eigenvalue weighted by atomic mass is 10.2. The average molecular weight is 261 g/mol. The lowest BCUT2D eigenvalue weighted by Crippen LogP contribution is -2.29. The quantitative estimate of drug-likeness (QED) is 0.648. The van der Waals surface area contributed by atoms with Gasteiger partial charge in [-0.25, -0.2) is 0 Å². The predicted molar refractivity (Wildman–Crippen MR) is 68.9 cm³/mol. The maximum Gasteiger partial charge on any atom is 0.270 e. The highest BCUT2D eigenvalue weighted by Gasteiger charge is 2.10. The van der Waals surface area contributed by atoms with Gasteiger partial charge in [0.2, 0.25) is 5.91 Å². The Labute approximate surface area is 107 Å². The first kappa shape index (κ1) is 12.7. The summed E-state index contributed by atoms with van der Waals surface area (Å²) in [7, 11) is 1.48. The molecule has 2 rings (SSSR count). The Morgan fingerprint density at radius 3 is 2.74 bits per heavy atom. The Morgan fingerprint density at radius 2 is 2.11 bits per heavy atom. The van der Waals surface area contributed by atoms with Gasteiger partial charge in [0.15, 0.2) is 0 Å². The number of hydrogen-bond donors (Lipinski definition) is 1. The molecule has 0 unspecified atom stereocenters. The SMILES string of the molecule is CNC(=O)Cn1c(=O)ccc2cc([N+](=O)[O-])ccc21. The van der Waals surface area contributed by atoms with Gasteiger partial charge in [0.05, 0.1) is 10.4 Å². The number of nitro groups is 1. The third-order valence-electron chi connectivity index (χ3n) is 2.76. The summed E-state index contributed by atoms with van der Waals surface area (Å²) < 4.78 is 1.28. The van der Waals surface area contributed by atoms with Crippen LogP contribution in [0.2, 0.25) is 0 Å². The van der Waals surface area contributed by atoms with Crippen LogP contribution in [0.1, 0.15) is 0 Å². The molecule has 1 N–H and O–H groups in total. The zero-order valence-electron chi connectivity index (χ0n) is 10.1. The Kier molecular flexibility index (Phi) is 3.28. The van der Waals surface area contributed by atoms with Crippen molar-refractivity contribution < 1.29 is 9.72 Å². The first-order valence-electron chi connectivity index (χ1n) is 5.51. The fraction of sp³-hybridized carbons (Fsp3) is 0.167. The molecule has 2 aromatic rings. The second-order valence-electron chi connectivity index (χ2n) is 3.93. The summed E-state index contributed by atoms with van der Waals surface area (Å²) in [6.45, 7) is -0.121. The van der Waals surface area contributed by atoms with Gasteiger partial charge in [0.1, 0.15) is 6.54 Å². The minimum absolute atomic E-state index is 0.0577. The molecule has 0 atom stereocenters. The number of fused-ring (bicyclic) bond motifs is 1. The van der Waals surface area contributed by atoms with E-state index in [2.05, 4.69) is 5.32 Å². The number of nitrogens with one attached hydrogen (secondary N) is 1. The van der Waals surface area contributed by atoms with Crippen LogP contribution in [-0.2, 0) is 11.3 Å². The summed E-state index contributed by atoms with van der Waals surface area (Å²) in [5.74, 6) is -0.312. The minimum Gasteiger partial charge on any atom is -0.358 e. The number of nitrogens with zero attached hydrogens (tertiary/aromatic N) is 2. The fourth-order valence-electron chi connectivity index (χ4n) is 1.79. The number of pyridine rings is 1. The summed E-state index contributed by atoms with van der Waals surface area (Å²) >= 11 is 0. The molecule has 0 aliphatic heterocycles. The number of rotatable bonds is 3. The first-order valence-corrected chi connectivity index (χ1v) is 5.51. The normalized spacial score (nSPS) is 10.4. The van der Waals surface area contributed by atoms with Crippen molar-refractivity contribution in [2.45, 2.75) is 6.54 Å². The van der Waals surface area contributed by atoms with Crippen LogP contribution in [0.15, 0.2) is 35.1 Å². The Balaban J connectivity index is 2.63. The lowest BCUT2D eigenvalue weighted by Gasteiger charge is -2.08. The molecular weight excluding hydrogens is 250 g/mol. The van der Waals surface area contributed by atoms with Gasteiger partial charge in [-0.15, -0.1) is 0 Å². The Hall–Kier alpha value is -2.70. The van der Waals surface area contributed by atoms with E-state index in [4.69, 9.17) is 0 Å². The maximum atomic E-state index is 11.8. The maximum absolute atomic E-state index is 11.8. The van der Waals surface area contributed by atoms with Crippen molar-refractivity contribution in [3.8, 4) is 0 Å². The molecule has 0 aliphatic rings. The van der Waals surface area contributed by atoms with Crippen molar-refractivity contribution in [3.63, 3.8) is 0 Å². The average Bonchev–Trinajstić information content (AvgIpc) is 2.41. The van der Waals surface area contributed by atoms with Crippen LogP contribution in [0.5, 0.6) is 0 Å². The summed E-state index contributed by atoms with van der Waals surface area (Å²) in [5, 5.41) is 13.7. The van der Waals surface area contributed by atoms with Gasteiger partial charge in [-0.1, -0.05) is 0 Å². The zero-order chi connectivity index (χ0) is 14.0. The molecule has 1 amide bonds.